The molecule has 1 fully saturated rings. The van der Waals surface area contributed by atoms with E-state index in [2.05, 4.69) is 0 Å². The summed E-state index contributed by atoms with van der Waals surface area (Å²) in [7, 11) is 0. The molecule has 2 rings (SSSR count). The third kappa shape index (κ3) is 2.96. The van der Waals surface area contributed by atoms with Gasteiger partial charge in [0.05, 0.1) is 4.92 Å². The first kappa shape index (κ1) is 13.6. The van der Waals surface area contributed by atoms with Crippen LogP contribution in [-0.2, 0) is 4.79 Å². The van der Waals surface area contributed by atoms with Crippen LogP contribution in [0.2, 0.25) is 5.02 Å². The number of nitro benzene ring substituents is 1. The molecule has 1 aromatic rings. The molecule has 1 aromatic carbocycles. The van der Waals surface area contributed by atoms with E-state index in [1.807, 2.05) is 0 Å². The zero-order chi connectivity index (χ0) is 14.2. The number of carboxylic acid groups (broad SMARTS) is 1. The Kier molecular flexibility index (Phi) is 3.61. The van der Waals surface area contributed by atoms with Crippen molar-refractivity contribution in [3.8, 4) is 0 Å². The molecular formula is C12H13ClN2O4. The van der Waals surface area contributed by atoms with Crippen LogP contribution in [0.25, 0.3) is 0 Å². The van der Waals surface area contributed by atoms with E-state index in [0.717, 1.165) is 12.8 Å². The Labute approximate surface area is 114 Å². The van der Waals surface area contributed by atoms with Gasteiger partial charge in [0, 0.05) is 17.8 Å². The first-order valence-electron chi connectivity index (χ1n) is 5.83. The van der Waals surface area contributed by atoms with Gasteiger partial charge in [0.2, 0.25) is 0 Å². The van der Waals surface area contributed by atoms with Crippen LogP contribution in [0.3, 0.4) is 0 Å². The molecule has 19 heavy (non-hydrogen) atoms. The summed E-state index contributed by atoms with van der Waals surface area (Å²) in [4.78, 5) is 22.9. The van der Waals surface area contributed by atoms with Crippen molar-refractivity contribution >= 4 is 28.9 Å². The highest BCUT2D eigenvalue weighted by Crippen LogP contribution is 2.37. The first-order chi connectivity index (χ1) is 8.90. The predicted octanol–water partition coefficient (Wildman–Crippen LogP) is 2.61. The third-order valence-electron chi connectivity index (χ3n) is 3.06. The zero-order valence-corrected chi connectivity index (χ0v) is 11.1. The average Bonchev–Trinajstić information content (AvgIpc) is 3.12. The molecule has 0 heterocycles. The summed E-state index contributed by atoms with van der Waals surface area (Å²) in [6, 6.07) is 3.05. The smallest absolute Gasteiger partial charge is 0.323 e. The van der Waals surface area contributed by atoms with Crippen molar-refractivity contribution in [3.63, 3.8) is 0 Å². The van der Waals surface area contributed by atoms with E-state index in [0.29, 0.717) is 11.3 Å². The molecule has 1 aliphatic rings. The summed E-state index contributed by atoms with van der Waals surface area (Å²) in [6.07, 6.45) is 1.86. The maximum absolute atomic E-state index is 10.9. The van der Waals surface area contributed by atoms with Crippen molar-refractivity contribution < 1.29 is 14.8 Å². The fraction of sp³-hybridized carbons (Fsp3) is 0.417. The van der Waals surface area contributed by atoms with Crippen molar-refractivity contribution in [3.05, 3.63) is 32.8 Å². The van der Waals surface area contributed by atoms with Gasteiger partial charge < -0.3 is 10.0 Å². The number of aryl methyl sites for hydroxylation is 1. The summed E-state index contributed by atoms with van der Waals surface area (Å²) in [5, 5.41) is 19.8. The van der Waals surface area contributed by atoms with Crippen LogP contribution in [0, 0.1) is 17.0 Å². The Bertz CT molecular complexity index is 543. The topological polar surface area (TPSA) is 83.7 Å². The lowest BCUT2D eigenvalue weighted by Gasteiger charge is -2.24. The van der Waals surface area contributed by atoms with E-state index in [-0.39, 0.29) is 23.3 Å². The summed E-state index contributed by atoms with van der Waals surface area (Å²) >= 11 is 5.89. The van der Waals surface area contributed by atoms with Gasteiger partial charge in [-0.05, 0) is 31.4 Å². The zero-order valence-electron chi connectivity index (χ0n) is 10.3. The maximum atomic E-state index is 10.9. The predicted molar refractivity (Wildman–Crippen MR) is 70.8 cm³/mol. The summed E-state index contributed by atoms with van der Waals surface area (Å²) in [5.41, 5.74) is 1.15. The van der Waals surface area contributed by atoms with Gasteiger partial charge in [0.25, 0.3) is 5.69 Å². The number of aliphatic carboxylic acids is 1. The molecule has 1 N–H and O–H groups in total. The minimum atomic E-state index is -0.930. The second-order valence-corrected chi connectivity index (χ2v) is 5.01. The molecule has 0 saturated heterocycles. The minimum absolute atomic E-state index is 0.0293. The normalized spacial score (nSPS) is 14.2. The number of benzene rings is 1. The van der Waals surface area contributed by atoms with Gasteiger partial charge in [-0.1, -0.05) is 11.6 Å². The monoisotopic (exact) mass is 284 g/mol. The number of carbonyl (C=O) groups is 1. The molecular weight excluding hydrogens is 272 g/mol. The molecule has 0 bridgehead atoms. The Morgan fingerprint density at radius 3 is 2.68 bits per heavy atom. The summed E-state index contributed by atoms with van der Waals surface area (Å²) in [5.74, 6) is -0.930. The van der Waals surface area contributed by atoms with Crippen molar-refractivity contribution in [1.82, 2.24) is 0 Å². The molecule has 0 aliphatic heterocycles. The molecule has 0 amide bonds. The van der Waals surface area contributed by atoms with Crippen LogP contribution in [-0.4, -0.2) is 28.6 Å². The van der Waals surface area contributed by atoms with Crippen LogP contribution in [0.15, 0.2) is 12.1 Å². The van der Waals surface area contributed by atoms with Gasteiger partial charge in [-0.25, -0.2) is 0 Å². The van der Waals surface area contributed by atoms with Gasteiger partial charge >= 0.3 is 5.97 Å². The van der Waals surface area contributed by atoms with Crippen molar-refractivity contribution in [2.75, 3.05) is 11.4 Å². The van der Waals surface area contributed by atoms with E-state index in [4.69, 9.17) is 16.7 Å². The van der Waals surface area contributed by atoms with Gasteiger partial charge in [0.15, 0.2) is 0 Å². The fourth-order valence-corrected chi connectivity index (χ4v) is 2.27. The van der Waals surface area contributed by atoms with Crippen LogP contribution < -0.4 is 4.90 Å². The minimum Gasteiger partial charge on any atom is -0.480 e. The lowest BCUT2D eigenvalue weighted by Crippen LogP contribution is -2.32. The first-order valence-corrected chi connectivity index (χ1v) is 6.21. The molecule has 1 aliphatic carbocycles. The average molecular weight is 285 g/mol. The second kappa shape index (κ2) is 5.05. The Morgan fingerprint density at radius 1 is 1.58 bits per heavy atom. The van der Waals surface area contributed by atoms with Gasteiger partial charge in [-0.3, -0.25) is 14.9 Å². The van der Waals surface area contributed by atoms with E-state index >= 15 is 0 Å². The largest absolute Gasteiger partial charge is 0.480 e. The quantitative estimate of drug-likeness (QED) is 0.664. The Hall–Kier alpha value is -1.82. The number of anilines is 1. The highest BCUT2D eigenvalue weighted by Gasteiger charge is 2.32. The van der Waals surface area contributed by atoms with Crippen LogP contribution >= 0.6 is 11.6 Å². The van der Waals surface area contributed by atoms with Crippen LogP contribution in [0.1, 0.15) is 18.4 Å². The van der Waals surface area contributed by atoms with Crippen molar-refractivity contribution in [2.24, 2.45) is 0 Å². The molecule has 7 heteroatoms. The number of hydrogen-bond acceptors (Lipinski definition) is 4. The van der Waals surface area contributed by atoms with Gasteiger partial charge in [-0.2, -0.15) is 0 Å². The molecule has 0 spiro atoms. The number of rotatable bonds is 5. The number of carboxylic acids is 1. The molecule has 0 aromatic heterocycles. The Balaban J connectivity index is 2.40. The number of nitrogens with zero attached hydrogens (tertiary/aromatic N) is 2. The highest BCUT2D eigenvalue weighted by molar-refractivity contribution is 6.33. The van der Waals surface area contributed by atoms with Crippen LogP contribution in [0.4, 0.5) is 11.4 Å². The Morgan fingerprint density at radius 2 is 2.21 bits per heavy atom. The number of nitro groups is 1. The second-order valence-electron chi connectivity index (χ2n) is 4.60. The highest BCUT2D eigenvalue weighted by atomic mass is 35.5. The van der Waals surface area contributed by atoms with Gasteiger partial charge in [0.1, 0.15) is 11.6 Å². The van der Waals surface area contributed by atoms with E-state index in [9.17, 15) is 14.9 Å². The SMILES string of the molecule is Cc1cc([N+](=O)[O-])c(Cl)cc1N(CC(=O)O)C1CC1. The molecule has 6 nitrogen and oxygen atoms in total. The number of hydrogen-bond donors (Lipinski definition) is 1. The third-order valence-corrected chi connectivity index (χ3v) is 3.37. The molecule has 0 radical (unpaired) electrons. The van der Waals surface area contributed by atoms with Crippen LogP contribution in [0.5, 0.6) is 0 Å². The maximum Gasteiger partial charge on any atom is 0.323 e. The fourth-order valence-electron chi connectivity index (χ4n) is 2.05. The molecule has 0 atom stereocenters. The molecule has 0 unspecified atom stereocenters. The number of halogens is 1. The summed E-state index contributed by atoms with van der Waals surface area (Å²) in [6.45, 7) is 1.59. The summed E-state index contributed by atoms with van der Waals surface area (Å²) < 4.78 is 0. The standard InChI is InChI=1S/C12H13ClN2O4/c1-7-4-11(15(18)19)9(13)5-10(7)14(6-12(16)17)8-2-3-8/h4-5,8H,2-3,6H2,1H3,(H,16,17). The van der Waals surface area contributed by atoms with E-state index in [1.165, 1.54) is 12.1 Å². The lowest BCUT2D eigenvalue weighted by molar-refractivity contribution is -0.384. The van der Waals surface area contributed by atoms with E-state index < -0.39 is 10.9 Å². The van der Waals surface area contributed by atoms with E-state index in [1.54, 1.807) is 11.8 Å². The molecule has 1 saturated carbocycles. The van der Waals surface area contributed by atoms with Gasteiger partial charge in [-0.15, -0.1) is 0 Å². The molecule has 102 valence electrons. The lowest BCUT2D eigenvalue weighted by atomic mass is 10.1. The van der Waals surface area contributed by atoms with Crippen molar-refractivity contribution in [1.29, 1.82) is 0 Å². The van der Waals surface area contributed by atoms with Crippen molar-refractivity contribution in [2.45, 2.75) is 25.8 Å².